The quantitative estimate of drug-likeness (QED) is 0.836. The molecule has 1 saturated heterocycles. The van der Waals surface area contributed by atoms with Gasteiger partial charge in [0, 0.05) is 6.42 Å². The summed E-state index contributed by atoms with van der Waals surface area (Å²) in [4.78, 5) is 12.2. The van der Waals surface area contributed by atoms with Crippen molar-refractivity contribution in [2.75, 3.05) is 13.7 Å². The van der Waals surface area contributed by atoms with E-state index in [4.69, 9.17) is 14.2 Å². The molecule has 0 aromatic heterocycles. The lowest BCUT2D eigenvalue weighted by atomic mass is 9.75. The Kier molecular flexibility index (Phi) is 3.76. The number of ketones is 1. The van der Waals surface area contributed by atoms with Crippen molar-refractivity contribution in [3.8, 4) is 5.75 Å². The number of carbonyl (C=O) groups excluding carboxylic acids is 1. The van der Waals surface area contributed by atoms with Crippen LogP contribution in [0.25, 0.3) is 0 Å². The van der Waals surface area contributed by atoms with E-state index in [1.807, 2.05) is 19.9 Å². The Morgan fingerprint density at radius 1 is 1.43 bits per heavy atom. The van der Waals surface area contributed by atoms with Gasteiger partial charge in [-0.05, 0) is 55.9 Å². The number of benzene rings is 1. The fraction of sp³-hybridized carbons (Fsp3) is 0.588. The predicted octanol–water partition coefficient (Wildman–Crippen LogP) is 2.84. The maximum Gasteiger partial charge on any atom is 0.164 e. The van der Waals surface area contributed by atoms with E-state index < -0.39 is 11.9 Å². The number of methoxy groups -OCH3 is 1. The monoisotopic (exact) mass is 290 g/mol. The summed E-state index contributed by atoms with van der Waals surface area (Å²) < 4.78 is 16.3. The van der Waals surface area contributed by atoms with E-state index in [0.717, 1.165) is 18.6 Å². The standard InChI is InChI=1S/C17H22O4/c1-17(2)20-10-16(21-17)15(18)7-4-11-8-12-9-13(19-3)5-6-14(11)12/h5-6,9,11,16H,4,7-8,10H2,1-3H3/t11?,16-/m1/s1. The molecular weight excluding hydrogens is 268 g/mol. The summed E-state index contributed by atoms with van der Waals surface area (Å²) in [6.45, 7) is 4.07. The minimum atomic E-state index is -0.625. The zero-order valence-corrected chi connectivity index (χ0v) is 12.8. The van der Waals surface area contributed by atoms with Crippen molar-refractivity contribution in [2.24, 2.45) is 0 Å². The van der Waals surface area contributed by atoms with Crippen LogP contribution in [0.1, 0.15) is 43.7 Å². The molecule has 4 nitrogen and oxygen atoms in total. The van der Waals surface area contributed by atoms with E-state index in [9.17, 15) is 4.79 Å². The van der Waals surface area contributed by atoms with Crippen LogP contribution >= 0.6 is 0 Å². The molecule has 1 unspecified atom stereocenters. The first kappa shape index (κ1) is 14.5. The molecule has 0 saturated carbocycles. The van der Waals surface area contributed by atoms with Crippen LogP contribution in [0.5, 0.6) is 5.75 Å². The highest BCUT2D eigenvalue weighted by Gasteiger charge is 2.37. The van der Waals surface area contributed by atoms with Gasteiger partial charge in [-0.3, -0.25) is 4.79 Å². The molecule has 0 bridgehead atoms. The third-order valence-corrected chi connectivity index (χ3v) is 4.36. The normalized spacial score (nSPS) is 26.0. The fourth-order valence-corrected chi connectivity index (χ4v) is 3.11. The van der Waals surface area contributed by atoms with Crippen LogP contribution in [0.3, 0.4) is 0 Å². The summed E-state index contributed by atoms with van der Waals surface area (Å²) in [7, 11) is 1.68. The average molecular weight is 290 g/mol. The zero-order chi connectivity index (χ0) is 15.0. The molecule has 1 aliphatic carbocycles. The second-order valence-corrected chi connectivity index (χ2v) is 6.29. The van der Waals surface area contributed by atoms with E-state index in [1.54, 1.807) is 7.11 Å². The van der Waals surface area contributed by atoms with Crippen molar-refractivity contribution < 1.29 is 19.0 Å². The van der Waals surface area contributed by atoms with E-state index in [0.29, 0.717) is 18.9 Å². The van der Waals surface area contributed by atoms with E-state index in [-0.39, 0.29) is 5.78 Å². The van der Waals surface area contributed by atoms with Crippen LogP contribution in [0.15, 0.2) is 18.2 Å². The molecule has 3 rings (SSSR count). The van der Waals surface area contributed by atoms with Crippen LogP contribution in [0.2, 0.25) is 0 Å². The van der Waals surface area contributed by atoms with Crippen LogP contribution in [-0.2, 0) is 20.7 Å². The molecule has 21 heavy (non-hydrogen) atoms. The van der Waals surface area contributed by atoms with Gasteiger partial charge in [-0.1, -0.05) is 6.07 Å². The fourth-order valence-electron chi connectivity index (χ4n) is 3.11. The van der Waals surface area contributed by atoms with E-state index >= 15 is 0 Å². The summed E-state index contributed by atoms with van der Waals surface area (Å²) in [5, 5.41) is 0. The smallest absolute Gasteiger partial charge is 0.164 e. The Hall–Kier alpha value is -1.39. The lowest BCUT2D eigenvalue weighted by Gasteiger charge is -2.30. The molecule has 114 valence electrons. The van der Waals surface area contributed by atoms with Crippen LogP contribution in [-0.4, -0.2) is 31.4 Å². The summed E-state index contributed by atoms with van der Waals surface area (Å²) in [5.41, 5.74) is 2.70. The Bertz CT molecular complexity index is 550. The molecule has 0 spiro atoms. The second-order valence-electron chi connectivity index (χ2n) is 6.29. The number of hydrogen-bond acceptors (Lipinski definition) is 4. The number of fused-ring (bicyclic) bond motifs is 1. The molecule has 0 radical (unpaired) electrons. The van der Waals surface area contributed by atoms with Crippen molar-refractivity contribution in [3.05, 3.63) is 29.3 Å². The van der Waals surface area contributed by atoms with Gasteiger partial charge in [-0.15, -0.1) is 0 Å². The maximum atomic E-state index is 12.2. The first-order chi connectivity index (χ1) is 9.98. The van der Waals surface area contributed by atoms with Gasteiger partial charge in [0.25, 0.3) is 0 Å². The molecule has 1 aromatic carbocycles. The summed E-state index contributed by atoms with van der Waals surface area (Å²) in [5.74, 6) is 0.926. The van der Waals surface area contributed by atoms with Crippen molar-refractivity contribution in [2.45, 2.75) is 50.9 Å². The Morgan fingerprint density at radius 2 is 2.24 bits per heavy atom. The average Bonchev–Trinajstić information content (AvgIpc) is 2.79. The summed E-state index contributed by atoms with van der Waals surface area (Å²) in [6, 6.07) is 6.19. The van der Waals surface area contributed by atoms with Gasteiger partial charge in [0.15, 0.2) is 11.6 Å². The van der Waals surface area contributed by atoms with E-state index in [2.05, 4.69) is 12.1 Å². The van der Waals surface area contributed by atoms with Crippen molar-refractivity contribution >= 4 is 5.78 Å². The Morgan fingerprint density at radius 3 is 2.86 bits per heavy atom. The molecule has 1 fully saturated rings. The number of rotatable bonds is 5. The van der Waals surface area contributed by atoms with Crippen molar-refractivity contribution in [1.82, 2.24) is 0 Å². The minimum Gasteiger partial charge on any atom is -0.497 e. The van der Waals surface area contributed by atoms with Gasteiger partial charge >= 0.3 is 0 Å². The summed E-state index contributed by atoms with van der Waals surface area (Å²) in [6.07, 6.45) is 2.09. The highest BCUT2D eigenvalue weighted by Crippen LogP contribution is 2.40. The highest BCUT2D eigenvalue weighted by molar-refractivity contribution is 5.83. The Balaban J connectivity index is 1.51. The molecule has 0 amide bonds. The van der Waals surface area contributed by atoms with Gasteiger partial charge in [0.2, 0.25) is 0 Å². The van der Waals surface area contributed by atoms with Crippen molar-refractivity contribution in [1.29, 1.82) is 0 Å². The SMILES string of the molecule is COc1ccc2c(c1)CC2CCC(=O)[C@H]1COC(C)(C)O1. The number of ether oxygens (including phenoxy) is 3. The number of hydrogen-bond donors (Lipinski definition) is 0. The van der Waals surface area contributed by atoms with Crippen molar-refractivity contribution in [3.63, 3.8) is 0 Å². The minimum absolute atomic E-state index is 0.155. The Labute approximate surface area is 125 Å². The molecule has 1 aliphatic heterocycles. The molecular formula is C17H22O4. The largest absolute Gasteiger partial charge is 0.497 e. The molecule has 1 aromatic rings. The zero-order valence-electron chi connectivity index (χ0n) is 12.8. The van der Waals surface area contributed by atoms with Gasteiger partial charge in [-0.25, -0.2) is 0 Å². The maximum absolute atomic E-state index is 12.2. The van der Waals surface area contributed by atoms with E-state index in [1.165, 1.54) is 11.1 Å². The lowest BCUT2D eigenvalue weighted by Crippen LogP contribution is -2.27. The lowest BCUT2D eigenvalue weighted by molar-refractivity contribution is -0.152. The van der Waals surface area contributed by atoms with Crippen LogP contribution in [0, 0.1) is 0 Å². The predicted molar refractivity (Wildman–Crippen MR) is 78.6 cm³/mol. The van der Waals surface area contributed by atoms with Gasteiger partial charge < -0.3 is 14.2 Å². The first-order valence-corrected chi connectivity index (χ1v) is 7.50. The number of carbonyl (C=O) groups is 1. The van der Waals surface area contributed by atoms with Crippen LogP contribution in [0.4, 0.5) is 0 Å². The highest BCUT2D eigenvalue weighted by atomic mass is 16.7. The molecule has 0 N–H and O–H groups in total. The summed E-state index contributed by atoms with van der Waals surface area (Å²) >= 11 is 0. The molecule has 2 aliphatic rings. The first-order valence-electron chi connectivity index (χ1n) is 7.50. The molecule has 1 heterocycles. The van der Waals surface area contributed by atoms with Gasteiger partial charge in [0.1, 0.15) is 11.9 Å². The topological polar surface area (TPSA) is 44.8 Å². The second kappa shape index (κ2) is 5.43. The van der Waals surface area contributed by atoms with Gasteiger partial charge in [0.05, 0.1) is 13.7 Å². The third-order valence-electron chi connectivity index (χ3n) is 4.36. The molecule has 2 atom stereocenters. The number of Topliss-reactive ketones (excluding diaryl/α,β-unsaturated/α-hetero) is 1. The van der Waals surface area contributed by atoms with Crippen LogP contribution < -0.4 is 4.74 Å². The van der Waals surface area contributed by atoms with Gasteiger partial charge in [-0.2, -0.15) is 0 Å². The third kappa shape index (κ3) is 2.97. The molecule has 4 heteroatoms.